The topological polar surface area (TPSA) is 71.5 Å². The molecule has 3 rings (SSSR count). The molecule has 0 atom stereocenters. The van der Waals surface area contributed by atoms with Gasteiger partial charge in [-0.2, -0.15) is 0 Å². The van der Waals surface area contributed by atoms with E-state index in [2.05, 4.69) is 15.9 Å². The van der Waals surface area contributed by atoms with Gasteiger partial charge in [-0.05, 0) is 36.4 Å². The van der Waals surface area contributed by atoms with Crippen LogP contribution in [0.2, 0.25) is 5.02 Å². The molecule has 1 amide bonds. The Hall–Kier alpha value is -1.61. The number of thioether (sulfide) groups is 1. The second-order valence-electron chi connectivity index (χ2n) is 5.65. The second-order valence-corrected chi connectivity index (χ2v) is 9.80. The monoisotopic (exact) mass is 485 g/mol. The summed E-state index contributed by atoms with van der Waals surface area (Å²) < 4.78 is 26.0. The SMILES string of the molecule is O=C(CN1C(=O)CSC1=CS(=O)(=O)c1ccc(Cl)cc1)c1ccc(Br)cc1. The molecule has 140 valence electrons. The van der Waals surface area contributed by atoms with E-state index < -0.39 is 9.84 Å². The standard InChI is InChI=1S/C18H13BrClNO4S2/c19-13-3-1-12(2-4-13)16(22)9-21-17(23)10-26-18(21)11-27(24,25)15-7-5-14(20)6-8-15/h1-8,11H,9-10H2. The largest absolute Gasteiger partial charge is 0.298 e. The molecule has 27 heavy (non-hydrogen) atoms. The van der Waals surface area contributed by atoms with Crippen LogP contribution in [0.25, 0.3) is 0 Å². The predicted molar refractivity (Wildman–Crippen MR) is 109 cm³/mol. The normalized spacial score (nSPS) is 16.1. The molecule has 1 saturated heterocycles. The van der Waals surface area contributed by atoms with Crippen molar-refractivity contribution in [3.05, 3.63) is 74.0 Å². The number of hydrogen-bond donors (Lipinski definition) is 0. The summed E-state index contributed by atoms with van der Waals surface area (Å²) in [6, 6.07) is 12.5. The molecule has 0 saturated carbocycles. The zero-order chi connectivity index (χ0) is 19.6. The van der Waals surface area contributed by atoms with E-state index in [0.717, 1.165) is 21.6 Å². The average molecular weight is 487 g/mol. The van der Waals surface area contributed by atoms with Crippen molar-refractivity contribution in [2.24, 2.45) is 0 Å². The van der Waals surface area contributed by atoms with E-state index in [1.54, 1.807) is 24.3 Å². The van der Waals surface area contributed by atoms with Crippen LogP contribution < -0.4 is 0 Å². The molecule has 0 spiro atoms. The Balaban J connectivity index is 1.85. The van der Waals surface area contributed by atoms with Crippen molar-refractivity contribution in [3.8, 4) is 0 Å². The number of carbonyl (C=O) groups excluding carboxylic acids is 2. The second kappa shape index (κ2) is 8.18. The Labute approximate surface area is 174 Å². The van der Waals surface area contributed by atoms with E-state index in [4.69, 9.17) is 11.6 Å². The lowest BCUT2D eigenvalue weighted by Crippen LogP contribution is -2.30. The van der Waals surface area contributed by atoms with Gasteiger partial charge in [0.05, 0.1) is 27.6 Å². The summed E-state index contributed by atoms with van der Waals surface area (Å²) in [7, 11) is -3.78. The van der Waals surface area contributed by atoms with Crippen molar-refractivity contribution in [1.82, 2.24) is 4.90 Å². The number of benzene rings is 2. The van der Waals surface area contributed by atoms with E-state index in [1.165, 1.54) is 29.2 Å². The number of rotatable bonds is 5. The molecule has 0 aromatic heterocycles. The molecule has 1 fully saturated rings. The van der Waals surface area contributed by atoms with Crippen LogP contribution in [0, 0.1) is 0 Å². The summed E-state index contributed by atoms with van der Waals surface area (Å²) >= 11 is 10.2. The van der Waals surface area contributed by atoms with Crippen molar-refractivity contribution in [2.45, 2.75) is 4.90 Å². The number of hydrogen-bond acceptors (Lipinski definition) is 5. The third-order valence-electron chi connectivity index (χ3n) is 3.78. The highest BCUT2D eigenvalue weighted by molar-refractivity contribution is 9.10. The molecule has 0 radical (unpaired) electrons. The maximum absolute atomic E-state index is 12.6. The van der Waals surface area contributed by atoms with Crippen molar-refractivity contribution >= 4 is 60.8 Å². The summed E-state index contributed by atoms with van der Waals surface area (Å²) in [4.78, 5) is 25.9. The summed E-state index contributed by atoms with van der Waals surface area (Å²) in [6.07, 6.45) is 0. The Kier molecular flexibility index (Phi) is 6.10. The van der Waals surface area contributed by atoms with Crippen LogP contribution in [0.3, 0.4) is 0 Å². The maximum atomic E-state index is 12.6. The third-order valence-corrected chi connectivity index (χ3v) is 7.19. The highest BCUT2D eigenvalue weighted by atomic mass is 79.9. The number of amides is 1. The van der Waals surface area contributed by atoms with Crippen LogP contribution in [0.1, 0.15) is 10.4 Å². The number of halogens is 2. The average Bonchev–Trinajstić information content (AvgIpc) is 2.95. The zero-order valence-corrected chi connectivity index (χ0v) is 17.7. The Morgan fingerprint density at radius 3 is 2.41 bits per heavy atom. The first kappa shape index (κ1) is 20.1. The number of Topliss-reactive ketones (excluding diaryl/α,β-unsaturated/α-hetero) is 1. The highest BCUT2D eigenvalue weighted by Gasteiger charge is 2.30. The smallest absolute Gasteiger partial charge is 0.238 e. The van der Waals surface area contributed by atoms with Crippen LogP contribution >= 0.6 is 39.3 Å². The number of sulfone groups is 1. The highest BCUT2D eigenvalue weighted by Crippen LogP contribution is 2.31. The molecule has 2 aromatic rings. The lowest BCUT2D eigenvalue weighted by atomic mass is 10.1. The van der Waals surface area contributed by atoms with Crippen LogP contribution in [0.4, 0.5) is 0 Å². The fourth-order valence-electron chi connectivity index (χ4n) is 2.37. The van der Waals surface area contributed by atoms with Gasteiger partial charge in [0.1, 0.15) is 0 Å². The van der Waals surface area contributed by atoms with E-state index in [0.29, 0.717) is 10.6 Å². The minimum absolute atomic E-state index is 0.0681. The summed E-state index contributed by atoms with van der Waals surface area (Å²) in [5.74, 6) is -0.480. The van der Waals surface area contributed by atoms with Gasteiger partial charge in [-0.15, -0.1) is 0 Å². The van der Waals surface area contributed by atoms with Gasteiger partial charge in [-0.1, -0.05) is 51.4 Å². The van der Waals surface area contributed by atoms with Gasteiger partial charge < -0.3 is 0 Å². The molecule has 1 aliphatic heterocycles. The van der Waals surface area contributed by atoms with Gasteiger partial charge in [-0.25, -0.2) is 8.42 Å². The van der Waals surface area contributed by atoms with Crippen molar-refractivity contribution < 1.29 is 18.0 Å². The van der Waals surface area contributed by atoms with Crippen LogP contribution in [0.5, 0.6) is 0 Å². The Bertz CT molecular complexity index is 1020. The zero-order valence-electron chi connectivity index (χ0n) is 13.8. The van der Waals surface area contributed by atoms with Crippen LogP contribution in [0.15, 0.2) is 68.3 Å². The molecule has 1 aliphatic rings. The summed E-state index contributed by atoms with van der Waals surface area (Å²) in [6.45, 7) is -0.213. The summed E-state index contributed by atoms with van der Waals surface area (Å²) in [5.41, 5.74) is 0.447. The van der Waals surface area contributed by atoms with Gasteiger partial charge in [0, 0.05) is 15.1 Å². The fourth-order valence-corrected chi connectivity index (χ4v) is 5.21. The Morgan fingerprint density at radius 2 is 1.78 bits per heavy atom. The molecule has 0 unspecified atom stereocenters. The van der Waals surface area contributed by atoms with E-state index >= 15 is 0 Å². The Morgan fingerprint density at radius 1 is 1.15 bits per heavy atom. The molecular weight excluding hydrogens is 474 g/mol. The lowest BCUT2D eigenvalue weighted by molar-refractivity contribution is -0.125. The van der Waals surface area contributed by atoms with E-state index in [-0.39, 0.29) is 33.9 Å². The van der Waals surface area contributed by atoms with Crippen molar-refractivity contribution in [1.29, 1.82) is 0 Å². The third kappa shape index (κ3) is 4.82. The first-order valence-corrected chi connectivity index (χ1v) is 11.4. The number of ketones is 1. The summed E-state index contributed by atoms with van der Waals surface area (Å²) in [5, 5.41) is 1.69. The molecule has 2 aromatic carbocycles. The molecule has 0 N–H and O–H groups in total. The first-order valence-electron chi connectivity index (χ1n) is 7.70. The first-order chi connectivity index (χ1) is 12.8. The lowest BCUT2D eigenvalue weighted by Gasteiger charge is -2.16. The molecule has 9 heteroatoms. The molecule has 0 aliphatic carbocycles. The van der Waals surface area contributed by atoms with Gasteiger partial charge in [0.15, 0.2) is 5.78 Å². The maximum Gasteiger partial charge on any atom is 0.238 e. The number of nitrogens with zero attached hydrogens (tertiary/aromatic N) is 1. The minimum Gasteiger partial charge on any atom is -0.298 e. The van der Waals surface area contributed by atoms with Gasteiger partial charge in [0.2, 0.25) is 15.7 Å². The molecule has 5 nitrogen and oxygen atoms in total. The molecule has 1 heterocycles. The van der Waals surface area contributed by atoms with Gasteiger partial charge in [-0.3, -0.25) is 14.5 Å². The molecular formula is C18H13BrClNO4S2. The van der Waals surface area contributed by atoms with Gasteiger partial charge >= 0.3 is 0 Å². The van der Waals surface area contributed by atoms with Crippen molar-refractivity contribution in [3.63, 3.8) is 0 Å². The van der Waals surface area contributed by atoms with Crippen LogP contribution in [-0.4, -0.2) is 37.3 Å². The number of carbonyl (C=O) groups is 2. The van der Waals surface area contributed by atoms with Gasteiger partial charge in [0.25, 0.3) is 0 Å². The fraction of sp³-hybridized carbons (Fsp3) is 0.111. The van der Waals surface area contributed by atoms with E-state index in [1.807, 2.05) is 0 Å². The quantitative estimate of drug-likeness (QED) is 0.594. The molecule has 0 bridgehead atoms. The van der Waals surface area contributed by atoms with E-state index in [9.17, 15) is 18.0 Å². The minimum atomic E-state index is -3.78. The van der Waals surface area contributed by atoms with Crippen molar-refractivity contribution in [2.75, 3.05) is 12.3 Å². The predicted octanol–water partition coefficient (Wildman–Crippen LogP) is 4.13. The van der Waals surface area contributed by atoms with Crippen LogP contribution in [-0.2, 0) is 14.6 Å².